The largest absolute Gasteiger partial charge is 0.347 e. The van der Waals surface area contributed by atoms with E-state index in [1.165, 1.54) is 32.0 Å². The predicted octanol–water partition coefficient (Wildman–Crippen LogP) is 1.78. The normalized spacial score (nSPS) is 11.8. The van der Waals surface area contributed by atoms with Gasteiger partial charge >= 0.3 is 0 Å². The van der Waals surface area contributed by atoms with Gasteiger partial charge in [-0.05, 0) is 25.1 Å². The van der Waals surface area contributed by atoms with E-state index in [9.17, 15) is 14.4 Å². The van der Waals surface area contributed by atoms with Crippen molar-refractivity contribution in [3.05, 3.63) is 51.8 Å². The second-order valence-electron chi connectivity index (χ2n) is 5.25. The molecule has 0 radical (unpaired) electrons. The number of amides is 1. The van der Waals surface area contributed by atoms with Crippen molar-refractivity contribution in [3.63, 3.8) is 0 Å². The molecular formula is C16H16ClN3O3. The van der Waals surface area contributed by atoms with Gasteiger partial charge in [0.1, 0.15) is 0 Å². The summed E-state index contributed by atoms with van der Waals surface area (Å²) in [6.07, 6.45) is 0. The zero-order chi connectivity index (χ0) is 17.1. The molecule has 1 heterocycles. The van der Waals surface area contributed by atoms with Gasteiger partial charge in [-0.1, -0.05) is 23.7 Å². The molecule has 0 aliphatic carbocycles. The van der Waals surface area contributed by atoms with Crippen molar-refractivity contribution >= 4 is 23.3 Å². The van der Waals surface area contributed by atoms with Crippen molar-refractivity contribution in [3.8, 4) is 11.3 Å². The molecule has 0 aliphatic heterocycles. The number of carbonyl (C=O) groups is 2. The molecule has 1 atom stereocenters. The lowest BCUT2D eigenvalue weighted by atomic mass is 10.1. The predicted molar refractivity (Wildman–Crippen MR) is 87.4 cm³/mol. The first kappa shape index (κ1) is 16.9. The standard InChI is InChI=1S/C16H16ClN3O3/c1-10(21)15(16(23)19(2)3)20-14(22)9-8-13(18-20)11-4-6-12(17)7-5-11/h4-9,15H,1-3H3. The number of hydrogen-bond acceptors (Lipinski definition) is 4. The van der Waals surface area contributed by atoms with Crippen molar-refractivity contribution in [2.45, 2.75) is 13.0 Å². The Hall–Kier alpha value is -2.47. The fourth-order valence-corrected chi connectivity index (χ4v) is 2.21. The Bertz CT molecular complexity index is 797. The van der Waals surface area contributed by atoms with E-state index in [0.717, 1.165) is 10.2 Å². The average molecular weight is 334 g/mol. The molecule has 23 heavy (non-hydrogen) atoms. The van der Waals surface area contributed by atoms with Crippen LogP contribution in [0.4, 0.5) is 0 Å². The zero-order valence-corrected chi connectivity index (χ0v) is 13.7. The average Bonchev–Trinajstić information content (AvgIpc) is 2.49. The van der Waals surface area contributed by atoms with Gasteiger partial charge in [0.15, 0.2) is 11.8 Å². The monoisotopic (exact) mass is 333 g/mol. The van der Waals surface area contributed by atoms with Gasteiger partial charge in [-0.25, -0.2) is 4.68 Å². The van der Waals surface area contributed by atoms with Crippen LogP contribution in [0.3, 0.4) is 0 Å². The number of nitrogens with zero attached hydrogens (tertiary/aromatic N) is 3. The maximum Gasteiger partial charge on any atom is 0.267 e. The topological polar surface area (TPSA) is 72.3 Å². The Balaban J connectivity index is 2.55. The minimum absolute atomic E-state index is 0.452. The Morgan fingerprint density at radius 2 is 1.74 bits per heavy atom. The molecule has 120 valence electrons. The fraction of sp³-hybridized carbons (Fsp3) is 0.250. The number of rotatable bonds is 4. The van der Waals surface area contributed by atoms with Crippen LogP contribution < -0.4 is 5.56 Å². The first-order valence-electron chi connectivity index (χ1n) is 6.88. The number of aromatic nitrogens is 2. The third-order valence-electron chi connectivity index (χ3n) is 3.27. The van der Waals surface area contributed by atoms with Gasteiger partial charge in [0.25, 0.3) is 11.5 Å². The summed E-state index contributed by atoms with van der Waals surface area (Å²) in [7, 11) is 3.04. The maximum absolute atomic E-state index is 12.2. The summed E-state index contributed by atoms with van der Waals surface area (Å²) in [5, 5.41) is 4.77. The number of Topliss-reactive ketones (excluding diaryl/α,β-unsaturated/α-hetero) is 1. The van der Waals surface area contributed by atoms with Crippen LogP contribution in [0.15, 0.2) is 41.2 Å². The van der Waals surface area contributed by atoms with Gasteiger partial charge in [0, 0.05) is 30.7 Å². The summed E-state index contributed by atoms with van der Waals surface area (Å²) in [5.41, 5.74) is 0.681. The number of likely N-dealkylation sites (N-methyl/N-ethyl adjacent to an activating group) is 1. The molecule has 2 aromatic rings. The van der Waals surface area contributed by atoms with Crippen LogP contribution in [0.25, 0.3) is 11.3 Å². The third-order valence-corrected chi connectivity index (χ3v) is 3.52. The molecule has 1 aromatic heterocycles. The van der Waals surface area contributed by atoms with E-state index in [2.05, 4.69) is 5.10 Å². The van der Waals surface area contributed by atoms with Crippen LogP contribution in [-0.4, -0.2) is 40.5 Å². The molecule has 0 saturated carbocycles. The quantitative estimate of drug-likeness (QED) is 0.800. The van der Waals surface area contributed by atoms with Crippen LogP contribution in [0.1, 0.15) is 13.0 Å². The van der Waals surface area contributed by atoms with Gasteiger partial charge in [-0.15, -0.1) is 0 Å². The van der Waals surface area contributed by atoms with Gasteiger partial charge in [-0.3, -0.25) is 14.4 Å². The van der Waals surface area contributed by atoms with Gasteiger partial charge in [0.2, 0.25) is 0 Å². The van der Waals surface area contributed by atoms with E-state index in [1.807, 2.05) is 0 Å². The summed E-state index contributed by atoms with van der Waals surface area (Å²) in [4.78, 5) is 37.4. The van der Waals surface area contributed by atoms with Crippen LogP contribution in [0.2, 0.25) is 5.02 Å². The number of hydrogen-bond donors (Lipinski definition) is 0. The molecule has 0 bridgehead atoms. The summed E-state index contributed by atoms with van der Waals surface area (Å²) >= 11 is 5.85. The van der Waals surface area contributed by atoms with Crippen LogP contribution in [0, 0.1) is 0 Å². The molecule has 0 N–H and O–H groups in total. The lowest BCUT2D eigenvalue weighted by Gasteiger charge is -2.19. The van der Waals surface area contributed by atoms with Crippen LogP contribution in [0.5, 0.6) is 0 Å². The molecule has 1 unspecified atom stereocenters. The van der Waals surface area contributed by atoms with Crippen molar-refractivity contribution in [1.29, 1.82) is 0 Å². The zero-order valence-electron chi connectivity index (χ0n) is 13.0. The van der Waals surface area contributed by atoms with Crippen molar-refractivity contribution in [1.82, 2.24) is 14.7 Å². The van der Waals surface area contributed by atoms with Crippen LogP contribution >= 0.6 is 11.6 Å². The Morgan fingerprint density at radius 1 is 1.13 bits per heavy atom. The lowest BCUT2D eigenvalue weighted by molar-refractivity contribution is -0.138. The van der Waals surface area contributed by atoms with Gasteiger partial charge in [-0.2, -0.15) is 5.10 Å². The molecule has 2 rings (SSSR count). The van der Waals surface area contributed by atoms with E-state index >= 15 is 0 Å². The van der Waals surface area contributed by atoms with Crippen LogP contribution in [-0.2, 0) is 9.59 Å². The second-order valence-corrected chi connectivity index (χ2v) is 5.69. The number of carbonyl (C=O) groups excluding carboxylic acids is 2. The third kappa shape index (κ3) is 3.65. The van der Waals surface area contributed by atoms with E-state index in [1.54, 1.807) is 30.3 Å². The molecule has 1 aromatic carbocycles. The summed E-state index contributed by atoms with van der Waals surface area (Å²) < 4.78 is 0.925. The highest BCUT2D eigenvalue weighted by Gasteiger charge is 2.29. The van der Waals surface area contributed by atoms with E-state index in [-0.39, 0.29) is 0 Å². The Labute approximate surface area is 138 Å². The smallest absolute Gasteiger partial charge is 0.267 e. The highest BCUT2D eigenvalue weighted by molar-refractivity contribution is 6.30. The number of ketones is 1. The van der Waals surface area contributed by atoms with Gasteiger partial charge in [0.05, 0.1) is 5.69 Å². The SMILES string of the molecule is CC(=O)C(C(=O)N(C)C)n1nc(-c2ccc(Cl)cc2)ccc1=O. The first-order valence-corrected chi connectivity index (χ1v) is 7.26. The molecule has 0 fully saturated rings. The van der Waals surface area contributed by atoms with E-state index in [4.69, 9.17) is 11.6 Å². The van der Waals surface area contributed by atoms with Crippen molar-refractivity contribution in [2.24, 2.45) is 0 Å². The summed E-state index contributed by atoms with van der Waals surface area (Å²) in [6.45, 7) is 1.26. The summed E-state index contributed by atoms with van der Waals surface area (Å²) in [6, 6.07) is 8.44. The Kier molecular flexibility index (Phi) is 4.95. The molecule has 7 heteroatoms. The molecule has 0 saturated heterocycles. The number of benzene rings is 1. The molecule has 0 spiro atoms. The summed E-state index contributed by atoms with van der Waals surface area (Å²) in [5.74, 6) is -0.952. The first-order chi connectivity index (χ1) is 10.8. The van der Waals surface area contributed by atoms with Crippen molar-refractivity contribution in [2.75, 3.05) is 14.1 Å². The van der Waals surface area contributed by atoms with Crippen molar-refractivity contribution < 1.29 is 9.59 Å². The molecule has 1 amide bonds. The highest BCUT2D eigenvalue weighted by atomic mass is 35.5. The fourth-order valence-electron chi connectivity index (χ4n) is 2.08. The lowest BCUT2D eigenvalue weighted by Crippen LogP contribution is -2.41. The second kappa shape index (κ2) is 6.75. The van der Waals surface area contributed by atoms with E-state index < -0.39 is 23.3 Å². The molecule has 6 nitrogen and oxygen atoms in total. The minimum atomic E-state index is -1.27. The van der Waals surface area contributed by atoms with E-state index in [0.29, 0.717) is 10.7 Å². The molecular weight excluding hydrogens is 318 g/mol. The highest BCUT2D eigenvalue weighted by Crippen LogP contribution is 2.19. The minimum Gasteiger partial charge on any atom is -0.347 e. The van der Waals surface area contributed by atoms with Gasteiger partial charge < -0.3 is 4.90 Å². The Morgan fingerprint density at radius 3 is 2.26 bits per heavy atom. The number of halogens is 1. The molecule has 0 aliphatic rings. The maximum atomic E-state index is 12.2.